The summed E-state index contributed by atoms with van der Waals surface area (Å²) in [6.45, 7) is 1.81. The van der Waals surface area contributed by atoms with Crippen molar-refractivity contribution in [3.8, 4) is 0 Å². The fourth-order valence-corrected chi connectivity index (χ4v) is 3.31. The molecule has 1 N–H and O–H groups in total. The van der Waals surface area contributed by atoms with Crippen molar-refractivity contribution in [2.45, 2.75) is 13.0 Å². The number of anilines is 1. The number of hydrogen-bond acceptors (Lipinski definition) is 7. The van der Waals surface area contributed by atoms with Crippen LogP contribution in [0.1, 0.15) is 17.2 Å². The molecule has 1 aromatic heterocycles. The molecule has 3 aromatic rings. The van der Waals surface area contributed by atoms with E-state index in [-0.39, 0.29) is 11.3 Å². The highest BCUT2D eigenvalue weighted by molar-refractivity contribution is 6.06. The Balaban J connectivity index is 1.78. The maximum absolute atomic E-state index is 12.5. The van der Waals surface area contributed by atoms with Crippen molar-refractivity contribution < 1.29 is 23.5 Å². The number of carbonyl (C=O) groups excluding carboxylic acids is 2. The van der Waals surface area contributed by atoms with Crippen molar-refractivity contribution in [3.05, 3.63) is 87.4 Å². The Morgan fingerprint density at radius 1 is 1.07 bits per heavy atom. The fraction of sp³-hybridized carbons (Fsp3) is 0.136. The molecule has 1 aliphatic rings. The molecular weight excluding hydrogens is 374 g/mol. The largest absolute Gasteiger partial charge is 0.465 e. The average Bonchev–Trinajstić information content (AvgIpc) is 3.04. The molecule has 1 unspecified atom stereocenters. The third-order valence-corrected chi connectivity index (χ3v) is 4.69. The number of benzene rings is 2. The fourth-order valence-electron chi connectivity index (χ4n) is 3.31. The molecule has 0 saturated heterocycles. The minimum Gasteiger partial charge on any atom is -0.465 e. The Morgan fingerprint density at radius 3 is 2.55 bits per heavy atom. The van der Waals surface area contributed by atoms with Gasteiger partial charge in [-0.2, -0.15) is 0 Å². The topological polar surface area (TPSA) is 94.8 Å². The van der Waals surface area contributed by atoms with Crippen LogP contribution in [0.15, 0.2) is 75.1 Å². The Morgan fingerprint density at radius 2 is 1.83 bits per heavy atom. The van der Waals surface area contributed by atoms with Gasteiger partial charge in [0.2, 0.25) is 0 Å². The molecule has 0 saturated carbocycles. The maximum atomic E-state index is 12.5. The third kappa shape index (κ3) is 3.38. The second-order valence-corrected chi connectivity index (χ2v) is 6.56. The Bertz CT molecular complexity index is 1210. The van der Waals surface area contributed by atoms with Gasteiger partial charge in [-0.3, -0.25) is 0 Å². The quantitative estimate of drug-likeness (QED) is 0.539. The van der Waals surface area contributed by atoms with Crippen molar-refractivity contribution in [2.75, 3.05) is 12.4 Å². The van der Waals surface area contributed by atoms with Crippen molar-refractivity contribution in [1.82, 2.24) is 0 Å². The average molecular weight is 391 g/mol. The van der Waals surface area contributed by atoms with E-state index in [1.165, 1.54) is 13.2 Å². The van der Waals surface area contributed by atoms with E-state index in [1.54, 1.807) is 42.5 Å². The molecular formula is C22H17NO6. The molecule has 29 heavy (non-hydrogen) atoms. The van der Waals surface area contributed by atoms with Gasteiger partial charge in [-0.05, 0) is 30.2 Å². The van der Waals surface area contributed by atoms with Crippen LogP contribution in [0, 0.1) is 6.92 Å². The predicted octanol–water partition coefficient (Wildman–Crippen LogP) is 3.24. The number of carbonyl (C=O) groups is 2. The SMILES string of the molecule is COC(=O)C1=C(Nc2ccc3c(C)cc(=O)oc3c2)C(=O)OC1c1ccccc1. The number of rotatable bonds is 4. The standard InChI is InChI=1S/C22H17NO6/c1-12-10-17(24)28-16-11-14(8-9-15(12)16)23-19-18(21(25)27-2)20(29-22(19)26)13-6-4-3-5-7-13/h3-11,20,23H,1-2H3. The molecule has 1 atom stereocenters. The Labute approximate surface area is 165 Å². The van der Waals surface area contributed by atoms with Gasteiger partial charge < -0.3 is 19.2 Å². The minimum absolute atomic E-state index is 0.0138. The van der Waals surface area contributed by atoms with Crippen LogP contribution in [0.5, 0.6) is 0 Å². The highest BCUT2D eigenvalue weighted by Gasteiger charge is 2.40. The van der Waals surface area contributed by atoms with Gasteiger partial charge in [-0.15, -0.1) is 0 Å². The van der Waals surface area contributed by atoms with Crippen LogP contribution in [0.4, 0.5) is 5.69 Å². The molecule has 7 heteroatoms. The first kappa shape index (κ1) is 18.5. The highest BCUT2D eigenvalue weighted by atomic mass is 16.6. The summed E-state index contributed by atoms with van der Waals surface area (Å²) >= 11 is 0. The zero-order valence-corrected chi connectivity index (χ0v) is 15.7. The summed E-state index contributed by atoms with van der Waals surface area (Å²) in [6.07, 6.45) is -0.876. The van der Waals surface area contributed by atoms with E-state index in [4.69, 9.17) is 13.9 Å². The number of aryl methyl sites for hydroxylation is 1. The van der Waals surface area contributed by atoms with Gasteiger partial charge in [0.25, 0.3) is 0 Å². The number of cyclic esters (lactones) is 1. The number of hydrogen-bond donors (Lipinski definition) is 1. The Kier molecular flexibility index (Phi) is 4.64. The van der Waals surface area contributed by atoms with Crippen LogP contribution in [-0.2, 0) is 19.1 Å². The number of esters is 2. The summed E-state index contributed by atoms with van der Waals surface area (Å²) in [6, 6.07) is 15.4. The van der Waals surface area contributed by atoms with Crippen molar-refractivity contribution in [2.24, 2.45) is 0 Å². The lowest BCUT2D eigenvalue weighted by Crippen LogP contribution is -2.14. The van der Waals surface area contributed by atoms with Gasteiger partial charge in [0.1, 0.15) is 16.9 Å². The second-order valence-electron chi connectivity index (χ2n) is 6.56. The summed E-state index contributed by atoms with van der Waals surface area (Å²) in [5.41, 5.74) is 1.86. The number of nitrogens with one attached hydrogen (secondary N) is 1. The number of methoxy groups -OCH3 is 1. The van der Waals surface area contributed by atoms with Gasteiger partial charge in [-0.1, -0.05) is 30.3 Å². The Hall–Kier alpha value is -3.87. The van der Waals surface area contributed by atoms with E-state index < -0.39 is 23.7 Å². The summed E-state index contributed by atoms with van der Waals surface area (Å²) in [5.74, 6) is -1.35. The van der Waals surface area contributed by atoms with Crippen LogP contribution in [-0.4, -0.2) is 19.0 Å². The third-order valence-electron chi connectivity index (χ3n) is 4.69. The first-order valence-electron chi connectivity index (χ1n) is 8.88. The van der Waals surface area contributed by atoms with E-state index in [0.29, 0.717) is 16.8 Å². The van der Waals surface area contributed by atoms with Crippen LogP contribution in [0.3, 0.4) is 0 Å². The van der Waals surface area contributed by atoms with Gasteiger partial charge in [0.05, 0.1) is 7.11 Å². The highest BCUT2D eigenvalue weighted by Crippen LogP contribution is 2.36. The van der Waals surface area contributed by atoms with E-state index in [2.05, 4.69) is 5.32 Å². The van der Waals surface area contributed by atoms with Crippen LogP contribution in [0.25, 0.3) is 11.0 Å². The molecule has 0 aliphatic carbocycles. The monoisotopic (exact) mass is 391 g/mol. The molecule has 2 aromatic carbocycles. The first-order chi connectivity index (χ1) is 14.0. The molecule has 1 aliphatic heterocycles. The second kappa shape index (κ2) is 7.27. The first-order valence-corrected chi connectivity index (χ1v) is 8.88. The summed E-state index contributed by atoms with van der Waals surface area (Å²) in [7, 11) is 1.24. The molecule has 0 amide bonds. The van der Waals surface area contributed by atoms with E-state index in [9.17, 15) is 14.4 Å². The zero-order valence-electron chi connectivity index (χ0n) is 15.7. The van der Waals surface area contributed by atoms with Gasteiger partial charge in [0, 0.05) is 23.2 Å². The number of fused-ring (bicyclic) bond motifs is 1. The van der Waals surface area contributed by atoms with Crippen LogP contribution >= 0.6 is 0 Å². The molecule has 4 rings (SSSR count). The summed E-state index contributed by atoms with van der Waals surface area (Å²) in [4.78, 5) is 36.6. The lowest BCUT2D eigenvalue weighted by Gasteiger charge is -2.12. The molecule has 7 nitrogen and oxygen atoms in total. The van der Waals surface area contributed by atoms with Gasteiger partial charge in [0.15, 0.2) is 6.10 Å². The zero-order chi connectivity index (χ0) is 20.5. The minimum atomic E-state index is -0.876. The van der Waals surface area contributed by atoms with Crippen molar-refractivity contribution in [3.63, 3.8) is 0 Å². The van der Waals surface area contributed by atoms with E-state index in [1.807, 2.05) is 13.0 Å². The molecule has 0 radical (unpaired) electrons. The summed E-state index contributed by atoms with van der Waals surface area (Å²) in [5, 5.41) is 3.70. The van der Waals surface area contributed by atoms with Gasteiger partial charge >= 0.3 is 17.6 Å². The normalized spacial score (nSPS) is 16.1. The van der Waals surface area contributed by atoms with Crippen molar-refractivity contribution in [1.29, 1.82) is 0 Å². The lowest BCUT2D eigenvalue weighted by molar-refractivity contribution is -0.141. The number of ether oxygens (including phenoxy) is 2. The summed E-state index contributed by atoms with van der Waals surface area (Å²) < 4.78 is 15.6. The molecule has 0 fully saturated rings. The molecule has 2 heterocycles. The molecule has 0 bridgehead atoms. The maximum Gasteiger partial charge on any atom is 0.356 e. The van der Waals surface area contributed by atoms with Crippen LogP contribution in [0.2, 0.25) is 0 Å². The predicted molar refractivity (Wildman–Crippen MR) is 105 cm³/mol. The van der Waals surface area contributed by atoms with Gasteiger partial charge in [-0.25, -0.2) is 14.4 Å². The van der Waals surface area contributed by atoms with Crippen LogP contribution < -0.4 is 10.9 Å². The van der Waals surface area contributed by atoms with E-state index in [0.717, 1.165) is 10.9 Å². The van der Waals surface area contributed by atoms with E-state index >= 15 is 0 Å². The van der Waals surface area contributed by atoms with Crippen molar-refractivity contribution >= 4 is 28.6 Å². The molecule has 146 valence electrons. The lowest BCUT2D eigenvalue weighted by atomic mass is 10.0. The smallest absolute Gasteiger partial charge is 0.356 e. The molecule has 0 spiro atoms.